The zero-order valence-electron chi connectivity index (χ0n) is 16.7. The van der Waals surface area contributed by atoms with Crippen LogP contribution in [0.1, 0.15) is 21.6 Å². The number of carbonyl (C=O) groups excluding carboxylic acids is 1. The Morgan fingerprint density at radius 3 is 2.69 bits per heavy atom. The van der Waals surface area contributed by atoms with E-state index >= 15 is 0 Å². The summed E-state index contributed by atoms with van der Waals surface area (Å²) < 4.78 is 19.0. The number of pyridine rings is 1. The molecule has 0 spiro atoms. The Bertz CT molecular complexity index is 1050. The van der Waals surface area contributed by atoms with Crippen LogP contribution in [0.4, 0.5) is 4.39 Å². The molecule has 1 aliphatic rings. The number of hydrogen-bond acceptors (Lipinski definition) is 3. The van der Waals surface area contributed by atoms with E-state index in [0.717, 1.165) is 35.2 Å². The van der Waals surface area contributed by atoms with Crippen LogP contribution in [0.25, 0.3) is 10.9 Å². The van der Waals surface area contributed by atoms with Crippen LogP contribution in [0.15, 0.2) is 48.5 Å². The molecule has 150 valence electrons. The fraction of sp³-hybridized carbons (Fsp3) is 0.304. The van der Waals surface area contributed by atoms with E-state index in [4.69, 9.17) is 4.74 Å². The van der Waals surface area contributed by atoms with E-state index in [0.29, 0.717) is 30.9 Å². The molecule has 2 heterocycles. The maximum absolute atomic E-state index is 13.6. The molecule has 0 unspecified atom stereocenters. The van der Waals surface area contributed by atoms with E-state index in [9.17, 15) is 9.18 Å². The number of piperazine rings is 1. The highest BCUT2D eigenvalue weighted by Crippen LogP contribution is 2.21. The third-order valence-electron chi connectivity index (χ3n) is 5.52. The Morgan fingerprint density at radius 2 is 1.93 bits per heavy atom. The number of nitrogens with one attached hydrogen (secondary N) is 1. The molecule has 1 amide bonds. The van der Waals surface area contributed by atoms with Crippen molar-refractivity contribution in [1.29, 1.82) is 0 Å². The third-order valence-corrected chi connectivity index (χ3v) is 5.52. The van der Waals surface area contributed by atoms with Crippen LogP contribution in [-0.4, -0.2) is 49.1 Å². The molecular formula is C23H25FN3O2+. The average Bonchev–Trinajstić information content (AvgIpc) is 2.73. The molecule has 3 aromatic rings. The Balaban J connectivity index is 1.47. The third kappa shape index (κ3) is 4.07. The summed E-state index contributed by atoms with van der Waals surface area (Å²) >= 11 is 0. The fourth-order valence-electron chi connectivity index (χ4n) is 4.01. The van der Waals surface area contributed by atoms with E-state index in [1.54, 1.807) is 13.2 Å². The van der Waals surface area contributed by atoms with Crippen molar-refractivity contribution in [2.75, 3.05) is 33.3 Å². The summed E-state index contributed by atoms with van der Waals surface area (Å²) in [6, 6.07) is 14.3. The molecule has 1 aliphatic heterocycles. The molecule has 0 saturated carbocycles. The first-order chi connectivity index (χ1) is 14.0. The van der Waals surface area contributed by atoms with Crippen LogP contribution >= 0.6 is 0 Å². The van der Waals surface area contributed by atoms with Gasteiger partial charge in [0.25, 0.3) is 5.91 Å². The van der Waals surface area contributed by atoms with Crippen molar-refractivity contribution in [3.63, 3.8) is 0 Å². The van der Waals surface area contributed by atoms with Gasteiger partial charge < -0.3 is 14.5 Å². The number of halogens is 1. The maximum atomic E-state index is 13.6. The molecule has 0 aliphatic carbocycles. The number of amides is 1. The number of rotatable bonds is 4. The van der Waals surface area contributed by atoms with Gasteiger partial charge in [0.1, 0.15) is 18.1 Å². The fourth-order valence-corrected chi connectivity index (χ4v) is 4.01. The van der Waals surface area contributed by atoms with Crippen molar-refractivity contribution in [3.8, 4) is 5.75 Å². The largest absolute Gasteiger partial charge is 0.496 e. The number of fused-ring (bicyclic) bond motifs is 1. The minimum absolute atomic E-state index is 0.0501. The molecule has 29 heavy (non-hydrogen) atoms. The lowest BCUT2D eigenvalue weighted by atomic mass is 10.1. The van der Waals surface area contributed by atoms with Gasteiger partial charge in [-0.25, -0.2) is 4.39 Å². The first-order valence-electron chi connectivity index (χ1n) is 9.87. The molecule has 5 nitrogen and oxygen atoms in total. The van der Waals surface area contributed by atoms with Gasteiger partial charge in [-0.3, -0.25) is 9.78 Å². The summed E-state index contributed by atoms with van der Waals surface area (Å²) in [6.07, 6.45) is 0. The number of carbonyl (C=O) groups is 1. The summed E-state index contributed by atoms with van der Waals surface area (Å²) in [5, 5.41) is 0.891. The summed E-state index contributed by atoms with van der Waals surface area (Å²) in [5.41, 5.74) is 3.26. The van der Waals surface area contributed by atoms with Crippen LogP contribution in [0, 0.1) is 12.7 Å². The van der Waals surface area contributed by atoms with Gasteiger partial charge in [-0.05, 0) is 37.3 Å². The number of benzene rings is 2. The van der Waals surface area contributed by atoms with Gasteiger partial charge in [0.2, 0.25) is 0 Å². The zero-order valence-corrected chi connectivity index (χ0v) is 16.7. The predicted molar refractivity (Wildman–Crippen MR) is 110 cm³/mol. The lowest BCUT2D eigenvalue weighted by Gasteiger charge is -2.32. The Morgan fingerprint density at radius 1 is 1.17 bits per heavy atom. The lowest BCUT2D eigenvalue weighted by molar-refractivity contribution is -0.917. The van der Waals surface area contributed by atoms with Crippen LogP contribution in [-0.2, 0) is 6.54 Å². The van der Waals surface area contributed by atoms with E-state index in [2.05, 4.69) is 4.98 Å². The van der Waals surface area contributed by atoms with Crippen molar-refractivity contribution in [2.45, 2.75) is 13.5 Å². The molecule has 0 radical (unpaired) electrons. The molecule has 0 bridgehead atoms. The second-order valence-electron chi connectivity index (χ2n) is 7.50. The molecule has 1 aromatic heterocycles. The van der Waals surface area contributed by atoms with Gasteiger partial charge in [0.05, 0.1) is 49.9 Å². The highest BCUT2D eigenvalue weighted by atomic mass is 19.1. The quantitative estimate of drug-likeness (QED) is 0.738. The number of hydrogen-bond donors (Lipinski definition) is 1. The number of quaternary nitrogens is 1. The number of nitrogens with zero attached hydrogens (tertiary/aromatic N) is 2. The van der Waals surface area contributed by atoms with E-state index in [1.165, 1.54) is 17.0 Å². The van der Waals surface area contributed by atoms with Gasteiger partial charge in [-0.2, -0.15) is 0 Å². The first-order valence-corrected chi connectivity index (χ1v) is 9.87. The molecule has 1 N–H and O–H groups in total. The van der Waals surface area contributed by atoms with Gasteiger partial charge in [-0.15, -0.1) is 0 Å². The van der Waals surface area contributed by atoms with E-state index in [1.807, 2.05) is 42.2 Å². The standard InChI is InChI=1S/C23H24FN3O2/c1-16-13-20(19-5-3-4-6-21(19)25-16)23(28)27-11-9-26(10-12-27)15-17-14-18(24)7-8-22(17)29-2/h3-8,13-14H,9-12,15H2,1-2H3/p+1. The molecule has 1 fully saturated rings. The number of ether oxygens (including phenoxy) is 1. The van der Waals surface area contributed by atoms with Crippen molar-refractivity contribution in [2.24, 2.45) is 0 Å². The van der Waals surface area contributed by atoms with E-state index in [-0.39, 0.29) is 11.7 Å². The van der Waals surface area contributed by atoms with Crippen molar-refractivity contribution < 1.29 is 18.8 Å². The van der Waals surface area contributed by atoms with Gasteiger partial charge in [0.15, 0.2) is 0 Å². The monoisotopic (exact) mass is 394 g/mol. The number of aromatic nitrogens is 1. The molecule has 6 heteroatoms. The minimum atomic E-state index is -0.256. The normalized spacial score (nSPS) is 14.9. The maximum Gasteiger partial charge on any atom is 0.255 e. The highest BCUT2D eigenvalue weighted by Gasteiger charge is 2.26. The van der Waals surface area contributed by atoms with Crippen molar-refractivity contribution in [3.05, 3.63) is 71.2 Å². The Labute approximate surface area is 169 Å². The molecule has 1 saturated heterocycles. The average molecular weight is 394 g/mol. The summed E-state index contributed by atoms with van der Waals surface area (Å²) in [7, 11) is 1.60. The molecule has 4 rings (SSSR count). The predicted octanol–water partition coefficient (Wildman–Crippen LogP) is 2.23. The summed E-state index contributed by atoms with van der Waals surface area (Å²) in [4.78, 5) is 20.9. The number of aryl methyl sites for hydroxylation is 1. The molecule has 2 aromatic carbocycles. The topological polar surface area (TPSA) is 46.9 Å². The van der Waals surface area contributed by atoms with Gasteiger partial charge in [-0.1, -0.05) is 18.2 Å². The zero-order chi connectivity index (χ0) is 20.4. The summed E-state index contributed by atoms with van der Waals surface area (Å²) in [6.45, 7) is 5.56. The highest BCUT2D eigenvalue weighted by molar-refractivity contribution is 6.06. The second-order valence-corrected chi connectivity index (χ2v) is 7.50. The van der Waals surface area contributed by atoms with Crippen LogP contribution in [0.2, 0.25) is 0 Å². The Kier molecular flexibility index (Phi) is 5.45. The SMILES string of the molecule is COc1ccc(F)cc1C[NH+]1CCN(C(=O)c2cc(C)nc3ccccc23)CC1. The second kappa shape index (κ2) is 8.17. The molecular weight excluding hydrogens is 369 g/mol. The van der Waals surface area contributed by atoms with Gasteiger partial charge in [0, 0.05) is 11.1 Å². The van der Waals surface area contributed by atoms with Crippen molar-refractivity contribution >= 4 is 16.8 Å². The van der Waals surface area contributed by atoms with Gasteiger partial charge >= 0.3 is 0 Å². The smallest absolute Gasteiger partial charge is 0.255 e. The molecule has 0 atom stereocenters. The van der Waals surface area contributed by atoms with E-state index < -0.39 is 0 Å². The van der Waals surface area contributed by atoms with Crippen molar-refractivity contribution in [1.82, 2.24) is 9.88 Å². The Hall–Kier alpha value is -2.99. The lowest BCUT2D eigenvalue weighted by Crippen LogP contribution is -3.13. The minimum Gasteiger partial charge on any atom is -0.496 e. The summed E-state index contributed by atoms with van der Waals surface area (Å²) in [5.74, 6) is 0.499. The number of para-hydroxylation sites is 1. The van der Waals surface area contributed by atoms with Crippen LogP contribution in [0.5, 0.6) is 5.75 Å². The number of methoxy groups -OCH3 is 1. The van der Waals surface area contributed by atoms with Crippen LogP contribution < -0.4 is 9.64 Å². The first kappa shape index (κ1) is 19.3. The van der Waals surface area contributed by atoms with Crippen LogP contribution in [0.3, 0.4) is 0 Å².